The molecule has 0 radical (unpaired) electrons. The summed E-state index contributed by atoms with van der Waals surface area (Å²) in [6.07, 6.45) is -3.23. The number of carbonyl (C=O) groups excluding carboxylic acids is 1. The van der Waals surface area contributed by atoms with Crippen molar-refractivity contribution in [3.05, 3.63) is 53.7 Å². The number of halogens is 3. The Morgan fingerprint density at radius 1 is 1.10 bits per heavy atom. The first-order chi connectivity index (χ1) is 13.8. The van der Waals surface area contributed by atoms with Crippen LogP contribution >= 0.6 is 0 Å². The summed E-state index contributed by atoms with van der Waals surface area (Å²) < 4.78 is 37.9. The minimum Gasteiger partial charge on any atom is -0.354 e. The number of nitriles is 1. The van der Waals surface area contributed by atoms with Gasteiger partial charge >= 0.3 is 6.18 Å². The minimum atomic E-state index is -4.40. The molecule has 0 bridgehead atoms. The third-order valence-electron chi connectivity index (χ3n) is 4.66. The number of carbonyl (C=O) groups is 1. The molecule has 1 fully saturated rings. The van der Waals surface area contributed by atoms with E-state index >= 15 is 0 Å². The predicted octanol–water partition coefficient (Wildman–Crippen LogP) is 2.93. The fourth-order valence-electron chi connectivity index (χ4n) is 3.08. The van der Waals surface area contributed by atoms with E-state index in [1.165, 1.54) is 6.07 Å². The van der Waals surface area contributed by atoms with Crippen molar-refractivity contribution < 1.29 is 18.0 Å². The normalized spacial score (nSPS) is 15.0. The Bertz CT molecular complexity index is 867. The van der Waals surface area contributed by atoms with Crippen molar-refractivity contribution in [3.63, 3.8) is 0 Å². The number of amides is 1. The van der Waals surface area contributed by atoms with Gasteiger partial charge in [0.25, 0.3) is 0 Å². The van der Waals surface area contributed by atoms with Crippen LogP contribution in [0.4, 0.5) is 24.7 Å². The maximum atomic E-state index is 12.6. The zero-order chi connectivity index (χ0) is 20.9. The minimum absolute atomic E-state index is 0.140. The second kappa shape index (κ2) is 8.92. The number of piperazine rings is 1. The number of rotatable bonds is 5. The smallest absolute Gasteiger partial charge is 0.354 e. The van der Waals surface area contributed by atoms with Crippen molar-refractivity contribution >= 4 is 17.4 Å². The number of nitrogens with one attached hydrogen (secondary N) is 1. The summed E-state index contributed by atoms with van der Waals surface area (Å²) in [5.74, 6) is 0.360. The van der Waals surface area contributed by atoms with Crippen LogP contribution in [-0.2, 0) is 17.4 Å². The topological polar surface area (TPSA) is 72.3 Å². The van der Waals surface area contributed by atoms with E-state index in [0.717, 1.165) is 17.8 Å². The molecule has 0 spiro atoms. The van der Waals surface area contributed by atoms with Crippen molar-refractivity contribution in [1.29, 1.82) is 5.26 Å². The molecule has 9 heteroatoms. The Labute approximate surface area is 166 Å². The van der Waals surface area contributed by atoms with Crippen LogP contribution < -0.4 is 10.2 Å². The van der Waals surface area contributed by atoms with Crippen molar-refractivity contribution in [1.82, 2.24) is 9.88 Å². The van der Waals surface area contributed by atoms with Gasteiger partial charge in [0.1, 0.15) is 5.82 Å². The fraction of sp³-hybridized carbons (Fsp3) is 0.350. The van der Waals surface area contributed by atoms with Crippen molar-refractivity contribution in [2.75, 3.05) is 42.9 Å². The summed E-state index contributed by atoms with van der Waals surface area (Å²) in [5.41, 5.74) is 0.792. The molecule has 1 aromatic carbocycles. The first kappa shape index (κ1) is 20.6. The Balaban J connectivity index is 1.47. The van der Waals surface area contributed by atoms with E-state index in [1.54, 1.807) is 24.3 Å². The van der Waals surface area contributed by atoms with E-state index in [0.29, 0.717) is 44.1 Å². The van der Waals surface area contributed by atoms with Crippen LogP contribution in [0.25, 0.3) is 0 Å². The Hall–Kier alpha value is -3.12. The maximum Gasteiger partial charge on any atom is 0.417 e. The van der Waals surface area contributed by atoms with Crippen LogP contribution in [0, 0.1) is 11.3 Å². The molecule has 29 heavy (non-hydrogen) atoms. The van der Waals surface area contributed by atoms with E-state index in [-0.39, 0.29) is 12.5 Å². The Kier molecular flexibility index (Phi) is 6.34. The first-order valence-corrected chi connectivity index (χ1v) is 9.11. The summed E-state index contributed by atoms with van der Waals surface area (Å²) in [5, 5.41) is 11.5. The lowest BCUT2D eigenvalue weighted by molar-refractivity contribution is -0.137. The molecule has 0 atom stereocenters. The summed E-state index contributed by atoms with van der Waals surface area (Å²) in [6.45, 7) is 2.60. The molecule has 6 nitrogen and oxygen atoms in total. The molecule has 1 aliphatic heterocycles. The van der Waals surface area contributed by atoms with Crippen LogP contribution in [0.15, 0.2) is 42.6 Å². The largest absolute Gasteiger partial charge is 0.417 e. The molecular weight excluding hydrogens is 383 g/mol. The van der Waals surface area contributed by atoms with E-state index in [1.807, 2.05) is 9.80 Å². The number of pyridine rings is 1. The molecule has 1 aromatic heterocycles. The SMILES string of the molecule is N#CCc1ccc(NC(=O)CN2CCN(c3ccc(C(F)(F)F)cn3)CC2)cc1. The number of alkyl halides is 3. The molecule has 0 unspecified atom stereocenters. The van der Waals surface area contributed by atoms with Crippen LogP contribution in [0.5, 0.6) is 0 Å². The molecule has 1 amide bonds. The Morgan fingerprint density at radius 2 is 1.79 bits per heavy atom. The van der Waals surface area contributed by atoms with Gasteiger partial charge in [-0.3, -0.25) is 9.69 Å². The molecule has 2 aromatic rings. The molecule has 1 aliphatic rings. The number of aromatic nitrogens is 1. The number of hydrogen-bond acceptors (Lipinski definition) is 5. The first-order valence-electron chi connectivity index (χ1n) is 9.11. The van der Waals surface area contributed by atoms with Gasteiger partial charge in [-0.1, -0.05) is 12.1 Å². The van der Waals surface area contributed by atoms with Crippen molar-refractivity contribution in [3.8, 4) is 6.07 Å². The fourth-order valence-corrected chi connectivity index (χ4v) is 3.08. The van der Waals surface area contributed by atoms with Crippen molar-refractivity contribution in [2.45, 2.75) is 12.6 Å². The van der Waals surface area contributed by atoms with Gasteiger partial charge in [0.05, 0.1) is 24.6 Å². The molecule has 0 aliphatic carbocycles. The lowest BCUT2D eigenvalue weighted by atomic mass is 10.1. The quantitative estimate of drug-likeness (QED) is 0.831. The number of anilines is 2. The van der Waals surface area contributed by atoms with Gasteiger partial charge in [-0.15, -0.1) is 0 Å². The van der Waals surface area contributed by atoms with E-state index in [9.17, 15) is 18.0 Å². The molecule has 0 saturated carbocycles. The predicted molar refractivity (Wildman–Crippen MR) is 102 cm³/mol. The van der Waals surface area contributed by atoms with Gasteiger partial charge in [0.15, 0.2) is 0 Å². The van der Waals surface area contributed by atoms with E-state index in [2.05, 4.69) is 16.4 Å². The summed E-state index contributed by atoms with van der Waals surface area (Å²) in [7, 11) is 0. The van der Waals surface area contributed by atoms with Gasteiger partial charge < -0.3 is 10.2 Å². The van der Waals surface area contributed by atoms with Gasteiger partial charge in [-0.2, -0.15) is 18.4 Å². The molecule has 1 N–H and O–H groups in total. The number of hydrogen-bond donors (Lipinski definition) is 1. The second-order valence-electron chi connectivity index (χ2n) is 6.75. The average Bonchev–Trinajstić information content (AvgIpc) is 2.70. The van der Waals surface area contributed by atoms with E-state index < -0.39 is 11.7 Å². The zero-order valence-corrected chi connectivity index (χ0v) is 15.6. The summed E-state index contributed by atoms with van der Waals surface area (Å²) in [4.78, 5) is 20.0. The highest BCUT2D eigenvalue weighted by Crippen LogP contribution is 2.29. The van der Waals surface area contributed by atoms with Crippen LogP contribution in [0.3, 0.4) is 0 Å². The zero-order valence-electron chi connectivity index (χ0n) is 15.6. The van der Waals surface area contributed by atoms with Crippen LogP contribution in [-0.4, -0.2) is 48.5 Å². The lowest BCUT2D eigenvalue weighted by Crippen LogP contribution is -2.48. The van der Waals surface area contributed by atoms with Crippen LogP contribution in [0.1, 0.15) is 11.1 Å². The van der Waals surface area contributed by atoms with Crippen molar-refractivity contribution in [2.24, 2.45) is 0 Å². The van der Waals surface area contributed by atoms with Gasteiger partial charge in [-0.25, -0.2) is 4.98 Å². The standard InChI is InChI=1S/C20H20F3N5O/c21-20(22,23)16-3-6-18(25-13-16)28-11-9-27(10-12-28)14-19(29)26-17-4-1-15(2-5-17)7-8-24/h1-6,13H,7,9-12,14H2,(H,26,29). The lowest BCUT2D eigenvalue weighted by Gasteiger charge is -2.35. The van der Waals surface area contributed by atoms with Gasteiger partial charge in [0.2, 0.25) is 5.91 Å². The third kappa shape index (κ3) is 5.68. The number of benzene rings is 1. The molecule has 3 rings (SSSR count). The number of nitrogens with zero attached hydrogens (tertiary/aromatic N) is 4. The highest BCUT2D eigenvalue weighted by molar-refractivity contribution is 5.92. The monoisotopic (exact) mass is 403 g/mol. The maximum absolute atomic E-state index is 12.6. The van der Waals surface area contributed by atoms with E-state index in [4.69, 9.17) is 5.26 Å². The summed E-state index contributed by atoms with van der Waals surface area (Å²) in [6, 6.07) is 11.6. The van der Waals surface area contributed by atoms with Gasteiger partial charge in [0, 0.05) is 38.1 Å². The summed E-state index contributed by atoms with van der Waals surface area (Å²) >= 11 is 0. The van der Waals surface area contributed by atoms with Crippen LogP contribution in [0.2, 0.25) is 0 Å². The third-order valence-corrected chi connectivity index (χ3v) is 4.66. The average molecular weight is 403 g/mol. The molecule has 152 valence electrons. The molecule has 2 heterocycles. The highest BCUT2D eigenvalue weighted by Gasteiger charge is 2.31. The van der Waals surface area contributed by atoms with Gasteiger partial charge in [-0.05, 0) is 29.8 Å². The second-order valence-corrected chi connectivity index (χ2v) is 6.75. The molecular formula is C20H20F3N5O. The molecule has 1 saturated heterocycles. The highest BCUT2D eigenvalue weighted by atomic mass is 19.4. The Morgan fingerprint density at radius 3 is 2.34 bits per heavy atom.